The van der Waals surface area contributed by atoms with Crippen molar-refractivity contribution >= 4 is 60.4 Å². The van der Waals surface area contributed by atoms with Gasteiger partial charge in [-0.3, -0.25) is 0 Å². The molecule has 1 aliphatic carbocycles. The number of aromatic nitrogens is 1. The summed E-state index contributed by atoms with van der Waals surface area (Å²) in [4.78, 5) is 2.44. The van der Waals surface area contributed by atoms with E-state index in [1.807, 2.05) is 0 Å². The number of fused-ring (bicyclic) bond motifs is 9. The lowest BCUT2D eigenvalue weighted by molar-refractivity contribution is 0.661. The van der Waals surface area contributed by atoms with Crippen molar-refractivity contribution in [1.29, 1.82) is 0 Å². The summed E-state index contributed by atoms with van der Waals surface area (Å²) < 4.78 is 2.41. The molecule has 2 heteroatoms. The van der Waals surface area contributed by atoms with Gasteiger partial charge in [-0.05, 0) is 121 Å². The molecule has 288 valence electrons. The molecule has 0 fully saturated rings. The number of anilines is 3. The Labute approximate surface area is 356 Å². The van der Waals surface area contributed by atoms with Crippen LogP contribution in [0.4, 0.5) is 17.1 Å². The van der Waals surface area contributed by atoms with Gasteiger partial charge in [-0.1, -0.05) is 178 Å². The maximum Gasteiger partial charge on any atom is 0.0541 e. The second-order valence-electron chi connectivity index (χ2n) is 16.9. The van der Waals surface area contributed by atoms with Gasteiger partial charge in [-0.2, -0.15) is 0 Å². The van der Waals surface area contributed by atoms with E-state index in [1.165, 1.54) is 87.9 Å². The van der Waals surface area contributed by atoms with Gasteiger partial charge < -0.3 is 9.47 Å². The zero-order valence-corrected chi connectivity index (χ0v) is 34.2. The SMILES string of the molecule is CC1(C)c2ccc(N(c3ccc(-c4cccc5cccc(-c6ccccc6)c45)cc3)c3cccc(-n4c5ccccc5c5ccccc54)c3)cc2-c2c1ccc1ccccc21. The van der Waals surface area contributed by atoms with Crippen molar-refractivity contribution < 1.29 is 0 Å². The molecular formula is C59H42N2. The van der Waals surface area contributed by atoms with Crippen LogP contribution in [0, 0.1) is 0 Å². The molecule has 0 saturated heterocycles. The summed E-state index contributed by atoms with van der Waals surface area (Å²) in [5.74, 6) is 0. The fourth-order valence-electron chi connectivity index (χ4n) is 10.3. The van der Waals surface area contributed by atoms with Crippen LogP contribution in [-0.2, 0) is 5.41 Å². The van der Waals surface area contributed by atoms with Crippen LogP contribution in [0.25, 0.3) is 82.4 Å². The van der Waals surface area contributed by atoms with Gasteiger partial charge in [0.2, 0.25) is 0 Å². The van der Waals surface area contributed by atoms with E-state index >= 15 is 0 Å². The van der Waals surface area contributed by atoms with Gasteiger partial charge in [0.15, 0.2) is 0 Å². The first-order chi connectivity index (χ1) is 30.0. The van der Waals surface area contributed by atoms with E-state index in [0.29, 0.717) is 0 Å². The van der Waals surface area contributed by atoms with Crippen LogP contribution in [0.1, 0.15) is 25.0 Å². The number of para-hydroxylation sites is 2. The second kappa shape index (κ2) is 13.7. The van der Waals surface area contributed by atoms with Crippen LogP contribution in [0.15, 0.2) is 218 Å². The molecule has 0 aliphatic heterocycles. The molecular weight excluding hydrogens is 737 g/mol. The van der Waals surface area contributed by atoms with E-state index in [1.54, 1.807) is 0 Å². The Morgan fingerprint density at radius 3 is 1.66 bits per heavy atom. The third-order valence-electron chi connectivity index (χ3n) is 13.2. The summed E-state index contributed by atoms with van der Waals surface area (Å²) in [5.41, 5.74) is 17.0. The number of hydrogen-bond donors (Lipinski definition) is 0. The summed E-state index contributed by atoms with van der Waals surface area (Å²) in [6.07, 6.45) is 0. The maximum atomic E-state index is 2.44. The molecule has 0 saturated carbocycles. The maximum absolute atomic E-state index is 2.44. The van der Waals surface area contributed by atoms with Gasteiger partial charge >= 0.3 is 0 Å². The molecule has 0 radical (unpaired) electrons. The van der Waals surface area contributed by atoms with E-state index in [-0.39, 0.29) is 5.41 Å². The highest BCUT2D eigenvalue weighted by Crippen LogP contribution is 2.53. The van der Waals surface area contributed by atoms with Crippen molar-refractivity contribution in [2.24, 2.45) is 0 Å². The molecule has 10 aromatic carbocycles. The zero-order valence-electron chi connectivity index (χ0n) is 34.2. The highest BCUT2D eigenvalue weighted by atomic mass is 15.1. The molecule has 0 N–H and O–H groups in total. The van der Waals surface area contributed by atoms with Gasteiger partial charge in [0.1, 0.15) is 0 Å². The van der Waals surface area contributed by atoms with Crippen molar-refractivity contribution in [3.63, 3.8) is 0 Å². The fourth-order valence-corrected chi connectivity index (χ4v) is 10.3. The minimum atomic E-state index is -0.118. The van der Waals surface area contributed by atoms with Crippen molar-refractivity contribution in [1.82, 2.24) is 4.57 Å². The number of benzene rings is 10. The molecule has 1 aromatic heterocycles. The van der Waals surface area contributed by atoms with Gasteiger partial charge in [-0.15, -0.1) is 0 Å². The van der Waals surface area contributed by atoms with E-state index in [0.717, 1.165) is 22.7 Å². The van der Waals surface area contributed by atoms with Crippen molar-refractivity contribution in [3.8, 4) is 39.1 Å². The Morgan fingerprint density at radius 1 is 0.377 bits per heavy atom. The molecule has 0 unspecified atom stereocenters. The Balaban J connectivity index is 1.05. The third-order valence-corrected chi connectivity index (χ3v) is 13.2. The molecule has 2 nitrogen and oxygen atoms in total. The van der Waals surface area contributed by atoms with Gasteiger partial charge in [-0.25, -0.2) is 0 Å². The minimum Gasteiger partial charge on any atom is -0.310 e. The fraction of sp³-hybridized carbons (Fsp3) is 0.0508. The molecule has 0 spiro atoms. The number of rotatable bonds is 6. The van der Waals surface area contributed by atoms with Crippen LogP contribution in [-0.4, -0.2) is 4.57 Å². The Kier molecular flexibility index (Phi) is 7.92. The molecule has 1 aliphatic rings. The predicted molar refractivity (Wildman–Crippen MR) is 259 cm³/mol. The van der Waals surface area contributed by atoms with Gasteiger partial charge in [0, 0.05) is 38.9 Å². The smallest absolute Gasteiger partial charge is 0.0541 e. The first-order valence-corrected chi connectivity index (χ1v) is 21.3. The molecule has 1 heterocycles. The minimum absolute atomic E-state index is 0.118. The lowest BCUT2D eigenvalue weighted by Gasteiger charge is -2.28. The normalized spacial score (nSPS) is 12.9. The molecule has 0 amide bonds. The van der Waals surface area contributed by atoms with Crippen LogP contribution in [0.5, 0.6) is 0 Å². The first-order valence-electron chi connectivity index (χ1n) is 21.3. The first kappa shape index (κ1) is 35.3. The Hall–Kier alpha value is -7.68. The van der Waals surface area contributed by atoms with E-state index in [9.17, 15) is 0 Å². The quantitative estimate of drug-likeness (QED) is 0.163. The zero-order chi connectivity index (χ0) is 40.7. The van der Waals surface area contributed by atoms with Gasteiger partial charge in [0.25, 0.3) is 0 Å². The Bertz CT molecular complexity index is 3440. The van der Waals surface area contributed by atoms with Crippen LogP contribution < -0.4 is 4.90 Å². The lowest BCUT2D eigenvalue weighted by Crippen LogP contribution is -2.15. The van der Waals surface area contributed by atoms with Crippen LogP contribution in [0.2, 0.25) is 0 Å². The number of hydrogen-bond acceptors (Lipinski definition) is 1. The van der Waals surface area contributed by atoms with Gasteiger partial charge in [0.05, 0.1) is 11.0 Å². The Morgan fingerprint density at radius 2 is 0.934 bits per heavy atom. The molecule has 61 heavy (non-hydrogen) atoms. The largest absolute Gasteiger partial charge is 0.310 e. The molecule has 0 bridgehead atoms. The average molecular weight is 779 g/mol. The summed E-state index contributed by atoms with van der Waals surface area (Å²) in [6, 6.07) is 80.4. The van der Waals surface area contributed by atoms with Crippen molar-refractivity contribution in [3.05, 3.63) is 230 Å². The highest BCUT2D eigenvalue weighted by molar-refractivity contribution is 6.10. The van der Waals surface area contributed by atoms with E-state index in [4.69, 9.17) is 0 Å². The summed E-state index contributed by atoms with van der Waals surface area (Å²) in [5, 5.41) is 7.59. The topological polar surface area (TPSA) is 8.17 Å². The summed E-state index contributed by atoms with van der Waals surface area (Å²) >= 11 is 0. The number of nitrogens with zero attached hydrogens (tertiary/aromatic N) is 2. The summed E-state index contributed by atoms with van der Waals surface area (Å²) in [6.45, 7) is 4.74. The van der Waals surface area contributed by atoms with Crippen LogP contribution >= 0.6 is 0 Å². The lowest BCUT2D eigenvalue weighted by atomic mass is 9.82. The van der Waals surface area contributed by atoms with Crippen molar-refractivity contribution in [2.45, 2.75) is 19.3 Å². The summed E-state index contributed by atoms with van der Waals surface area (Å²) in [7, 11) is 0. The standard InChI is InChI=1S/C59H42N2/c1-59(2)53-36-34-46(38-52(53)58-49-22-7-6-17-40(49)31-35-54(58)59)60(44-20-14-21-45(37-44)61-55-27-10-8-23-50(55)51-24-9-11-28-56(51)61)43-32-29-41(30-33-43)48-26-13-19-42-18-12-25-47(57(42)48)39-15-4-3-5-16-39/h3-38H,1-2H3. The van der Waals surface area contributed by atoms with Crippen LogP contribution in [0.3, 0.4) is 0 Å². The molecule has 12 rings (SSSR count). The predicted octanol–water partition coefficient (Wildman–Crippen LogP) is 16.2. The van der Waals surface area contributed by atoms with E-state index < -0.39 is 0 Å². The molecule has 11 aromatic rings. The van der Waals surface area contributed by atoms with E-state index in [2.05, 4.69) is 242 Å². The van der Waals surface area contributed by atoms with Crippen molar-refractivity contribution in [2.75, 3.05) is 4.90 Å². The molecule has 0 atom stereocenters. The highest BCUT2D eigenvalue weighted by Gasteiger charge is 2.37. The second-order valence-corrected chi connectivity index (χ2v) is 16.9. The monoisotopic (exact) mass is 778 g/mol. The third kappa shape index (κ3) is 5.49. The average Bonchev–Trinajstić information content (AvgIpc) is 3.77.